The molecule has 0 unspecified atom stereocenters. The quantitative estimate of drug-likeness (QED) is 0.573. The van der Waals surface area contributed by atoms with Gasteiger partial charge in [-0.15, -0.1) is 0 Å². The molecule has 1 N–H and O–H groups in total. The van der Waals surface area contributed by atoms with Gasteiger partial charge in [0.2, 0.25) is 0 Å². The van der Waals surface area contributed by atoms with E-state index in [4.69, 9.17) is 9.47 Å². The number of anilines is 2. The van der Waals surface area contributed by atoms with Crippen LogP contribution in [-0.2, 0) is 10.0 Å². The van der Waals surface area contributed by atoms with Crippen LogP contribution >= 0.6 is 0 Å². The summed E-state index contributed by atoms with van der Waals surface area (Å²) in [7, 11) is 0.309. The average Bonchev–Trinajstić information content (AvgIpc) is 2.80. The van der Waals surface area contributed by atoms with E-state index in [0.29, 0.717) is 11.4 Å². The van der Waals surface area contributed by atoms with E-state index in [-0.39, 0.29) is 21.9 Å². The van der Waals surface area contributed by atoms with Gasteiger partial charge >= 0.3 is 0 Å². The van der Waals surface area contributed by atoms with Gasteiger partial charge < -0.3 is 14.8 Å². The molecule has 0 aliphatic carbocycles. The van der Waals surface area contributed by atoms with Crippen molar-refractivity contribution < 1.29 is 31.5 Å². The lowest BCUT2D eigenvalue weighted by atomic mass is 10.2. The van der Waals surface area contributed by atoms with Gasteiger partial charge in [-0.3, -0.25) is 9.10 Å². The monoisotopic (exact) mass is 462 g/mol. The summed E-state index contributed by atoms with van der Waals surface area (Å²) < 4.78 is 63.7. The number of amides is 1. The summed E-state index contributed by atoms with van der Waals surface area (Å²) in [5, 5.41) is 2.45. The van der Waals surface area contributed by atoms with Gasteiger partial charge in [0.25, 0.3) is 15.9 Å². The minimum atomic E-state index is -3.92. The zero-order valence-corrected chi connectivity index (χ0v) is 18.2. The predicted octanol–water partition coefficient (Wildman–Crippen LogP) is 4.06. The third-order valence-corrected chi connectivity index (χ3v) is 6.47. The first-order valence-corrected chi connectivity index (χ1v) is 10.7. The third kappa shape index (κ3) is 4.65. The molecule has 1 amide bonds. The van der Waals surface area contributed by atoms with E-state index in [9.17, 15) is 22.0 Å². The number of methoxy groups -OCH3 is 2. The largest absolute Gasteiger partial charge is 0.493 e. The van der Waals surface area contributed by atoms with Crippen molar-refractivity contribution in [1.29, 1.82) is 0 Å². The van der Waals surface area contributed by atoms with E-state index >= 15 is 0 Å². The summed E-state index contributed by atoms with van der Waals surface area (Å²) in [6.45, 7) is 0. The van der Waals surface area contributed by atoms with Crippen molar-refractivity contribution in [3.05, 3.63) is 77.9 Å². The highest BCUT2D eigenvalue weighted by atomic mass is 32.2. The summed E-state index contributed by atoms with van der Waals surface area (Å²) >= 11 is 0. The predicted molar refractivity (Wildman–Crippen MR) is 116 cm³/mol. The van der Waals surface area contributed by atoms with Crippen LogP contribution in [0.1, 0.15) is 10.4 Å². The first-order valence-electron chi connectivity index (χ1n) is 9.25. The Balaban J connectivity index is 1.80. The minimum Gasteiger partial charge on any atom is -0.493 e. The van der Waals surface area contributed by atoms with Crippen LogP contribution in [0.25, 0.3) is 0 Å². The fraction of sp³-hybridized carbons (Fsp3) is 0.136. The number of nitrogens with zero attached hydrogens (tertiary/aromatic N) is 1. The molecule has 0 aliphatic rings. The maximum atomic E-state index is 13.3. The number of carbonyl (C=O) groups excluding carboxylic acids is 1. The van der Waals surface area contributed by atoms with E-state index < -0.39 is 27.6 Å². The SMILES string of the molecule is COc1ccc(S(=O)(=O)N(C)c2ccc(C(=O)Nc3ccc(F)c(F)c3)cc2)cc1OC. The van der Waals surface area contributed by atoms with Crippen LogP contribution in [0.5, 0.6) is 11.5 Å². The average molecular weight is 462 g/mol. The van der Waals surface area contributed by atoms with Gasteiger partial charge in [-0.05, 0) is 48.5 Å². The molecule has 0 spiro atoms. The van der Waals surface area contributed by atoms with Crippen molar-refractivity contribution in [3.8, 4) is 11.5 Å². The van der Waals surface area contributed by atoms with Crippen molar-refractivity contribution in [1.82, 2.24) is 0 Å². The number of hydrogen-bond acceptors (Lipinski definition) is 5. The number of halogens is 2. The summed E-state index contributed by atoms with van der Waals surface area (Å²) in [6.07, 6.45) is 0. The van der Waals surface area contributed by atoms with Crippen molar-refractivity contribution in [2.45, 2.75) is 4.90 Å². The van der Waals surface area contributed by atoms with E-state index in [0.717, 1.165) is 16.4 Å². The number of ether oxygens (including phenoxy) is 2. The molecule has 3 aromatic rings. The van der Waals surface area contributed by atoms with Gasteiger partial charge in [0.05, 0.1) is 24.8 Å². The Morgan fingerprint density at radius 2 is 1.53 bits per heavy atom. The van der Waals surface area contributed by atoms with Crippen LogP contribution in [0, 0.1) is 11.6 Å². The van der Waals surface area contributed by atoms with Crippen LogP contribution in [0.3, 0.4) is 0 Å². The summed E-state index contributed by atoms with van der Waals surface area (Å²) in [4.78, 5) is 12.4. The normalized spacial score (nSPS) is 11.0. The Bertz CT molecular complexity index is 1250. The summed E-state index contributed by atoms with van der Waals surface area (Å²) in [5.74, 6) is -2.00. The molecule has 3 aromatic carbocycles. The van der Waals surface area contributed by atoms with Gasteiger partial charge in [-0.1, -0.05) is 0 Å². The molecule has 0 atom stereocenters. The highest BCUT2D eigenvalue weighted by Crippen LogP contribution is 2.31. The van der Waals surface area contributed by atoms with Crippen LogP contribution in [0.2, 0.25) is 0 Å². The van der Waals surface area contributed by atoms with Gasteiger partial charge in [0.15, 0.2) is 23.1 Å². The fourth-order valence-electron chi connectivity index (χ4n) is 2.87. The number of sulfonamides is 1. The highest BCUT2D eigenvalue weighted by Gasteiger charge is 2.23. The molecule has 10 heteroatoms. The third-order valence-electron chi connectivity index (χ3n) is 4.68. The lowest BCUT2D eigenvalue weighted by molar-refractivity contribution is 0.102. The Hall–Kier alpha value is -3.66. The van der Waals surface area contributed by atoms with Crippen molar-refractivity contribution >= 4 is 27.3 Å². The number of nitrogens with one attached hydrogen (secondary N) is 1. The molecule has 3 rings (SSSR count). The second-order valence-electron chi connectivity index (χ2n) is 6.62. The Morgan fingerprint density at radius 3 is 2.12 bits per heavy atom. The lowest BCUT2D eigenvalue weighted by Gasteiger charge is -2.20. The Morgan fingerprint density at radius 1 is 0.875 bits per heavy atom. The van der Waals surface area contributed by atoms with Gasteiger partial charge in [0, 0.05) is 30.4 Å². The molecule has 0 aliphatic heterocycles. The highest BCUT2D eigenvalue weighted by molar-refractivity contribution is 7.92. The molecule has 0 saturated carbocycles. The molecule has 0 saturated heterocycles. The van der Waals surface area contributed by atoms with E-state index in [1.807, 2.05) is 0 Å². The second-order valence-corrected chi connectivity index (χ2v) is 8.59. The standard InChI is InChI=1S/C22H20F2N2O5S/c1-26(32(28,29)17-9-11-20(30-2)21(13-17)31-3)16-7-4-14(5-8-16)22(27)25-15-6-10-18(23)19(24)12-15/h4-13H,1-3H3,(H,25,27). The molecule has 0 heterocycles. The van der Waals surface area contributed by atoms with Crippen molar-refractivity contribution in [2.75, 3.05) is 30.9 Å². The van der Waals surface area contributed by atoms with Crippen LogP contribution in [-0.4, -0.2) is 35.6 Å². The summed E-state index contributed by atoms with van der Waals surface area (Å²) in [5.41, 5.74) is 0.602. The van der Waals surface area contributed by atoms with E-state index in [1.165, 1.54) is 69.8 Å². The Labute approximate surface area is 184 Å². The molecule has 0 radical (unpaired) electrons. The van der Waals surface area contributed by atoms with Gasteiger partial charge in [-0.2, -0.15) is 0 Å². The molecule has 32 heavy (non-hydrogen) atoms. The topological polar surface area (TPSA) is 84.9 Å². The van der Waals surface area contributed by atoms with E-state index in [1.54, 1.807) is 0 Å². The maximum Gasteiger partial charge on any atom is 0.264 e. The molecule has 7 nitrogen and oxygen atoms in total. The van der Waals surface area contributed by atoms with Crippen LogP contribution < -0.4 is 19.1 Å². The summed E-state index contributed by atoms with van der Waals surface area (Å²) in [6, 6.07) is 13.0. The zero-order chi connectivity index (χ0) is 23.5. The van der Waals surface area contributed by atoms with Crippen LogP contribution in [0.15, 0.2) is 65.6 Å². The second kappa shape index (κ2) is 9.23. The number of carbonyl (C=O) groups is 1. The Kier molecular flexibility index (Phi) is 6.64. The molecule has 0 fully saturated rings. The van der Waals surface area contributed by atoms with Crippen LogP contribution in [0.4, 0.5) is 20.2 Å². The smallest absolute Gasteiger partial charge is 0.264 e. The molecule has 168 valence electrons. The first kappa shape index (κ1) is 23.0. The zero-order valence-electron chi connectivity index (χ0n) is 17.4. The molecular weight excluding hydrogens is 442 g/mol. The molecule has 0 aromatic heterocycles. The molecule has 0 bridgehead atoms. The maximum absolute atomic E-state index is 13.3. The fourth-order valence-corrected chi connectivity index (χ4v) is 4.09. The van der Waals surface area contributed by atoms with Crippen molar-refractivity contribution in [2.24, 2.45) is 0 Å². The van der Waals surface area contributed by atoms with Crippen molar-refractivity contribution in [3.63, 3.8) is 0 Å². The minimum absolute atomic E-state index is 0.00203. The molecular formula is C22H20F2N2O5S. The van der Waals surface area contributed by atoms with Gasteiger partial charge in [-0.25, -0.2) is 17.2 Å². The van der Waals surface area contributed by atoms with E-state index in [2.05, 4.69) is 5.32 Å². The number of hydrogen-bond donors (Lipinski definition) is 1. The number of rotatable bonds is 7. The van der Waals surface area contributed by atoms with Gasteiger partial charge in [0.1, 0.15) is 0 Å². The first-order chi connectivity index (χ1) is 15.2. The lowest BCUT2D eigenvalue weighted by Crippen LogP contribution is -2.26. The number of benzene rings is 3.